The number of furan rings is 1. The predicted molar refractivity (Wildman–Crippen MR) is 76.3 cm³/mol. The molecule has 2 unspecified atom stereocenters. The molecule has 0 aliphatic heterocycles. The van der Waals surface area contributed by atoms with Crippen molar-refractivity contribution in [2.24, 2.45) is 5.92 Å². The van der Waals surface area contributed by atoms with E-state index in [-0.39, 0.29) is 5.92 Å². The van der Waals surface area contributed by atoms with Crippen LogP contribution in [-0.4, -0.2) is 29.4 Å². The van der Waals surface area contributed by atoms with Gasteiger partial charge >= 0.3 is 5.97 Å². The second-order valence-electron chi connectivity index (χ2n) is 5.04. The smallest absolute Gasteiger partial charge is 0.324 e. The molecule has 1 fully saturated rings. The minimum atomic E-state index is -0.703. The Morgan fingerprint density at radius 3 is 3.16 bits per heavy atom. The largest absolute Gasteiger partial charge is 0.480 e. The Hall–Kier alpha value is -0.940. The molecule has 2 atom stereocenters. The second-order valence-corrected chi connectivity index (χ2v) is 6.14. The number of nitrogens with one attached hydrogen (secondary N) is 1. The lowest BCUT2D eigenvalue weighted by molar-refractivity contribution is -0.146. The summed E-state index contributed by atoms with van der Waals surface area (Å²) in [5, 5.41) is 12.5. The summed E-state index contributed by atoms with van der Waals surface area (Å²) < 4.78 is 5.28. The van der Waals surface area contributed by atoms with Crippen LogP contribution < -0.4 is 5.32 Å². The molecular weight excluding hydrogens is 262 g/mol. The van der Waals surface area contributed by atoms with Crippen LogP contribution in [0, 0.1) is 5.92 Å². The van der Waals surface area contributed by atoms with E-state index in [0.717, 1.165) is 42.9 Å². The summed E-state index contributed by atoms with van der Waals surface area (Å²) in [6, 6.07) is 3.86. The first-order valence-electron chi connectivity index (χ1n) is 6.71. The number of aliphatic carboxylic acids is 1. The van der Waals surface area contributed by atoms with Crippen molar-refractivity contribution in [2.45, 2.75) is 37.0 Å². The Morgan fingerprint density at radius 1 is 1.68 bits per heavy atom. The van der Waals surface area contributed by atoms with Crippen LogP contribution in [0.5, 0.6) is 0 Å². The van der Waals surface area contributed by atoms with Gasteiger partial charge in [-0.25, -0.2) is 0 Å². The summed E-state index contributed by atoms with van der Waals surface area (Å²) in [5.74, 6) is 2.35. The van der Waals surface area contributed by atoms with Crippen molar-refractivity contribution in [3.05, 3.63) is 24.2 Å². The zero-order valence-corrected chi connectivity index (χ0v) is 12.0. The molecule has 1 aromatic rings. The van der Waals surface area contributed by atoms with E-state index in [4.69, 9.17) is 4.42 Å². The van der Waals surface area contributed by atoms with E-state index in [1.807, 2.05) is 12.1 Å². The number of thioether (sulfide) groups is 1. The summed E-state index contributed by atoms with van der Waals surface area (Å²) in [4.78, 5) is 11.5. The lowest BCUT2D eigenvalue weighted by atomic mass is 9.85. The van der Waals surface area contributed by atoms with Crippen molar-refractivity contribution in [2.75, 3.05) is 12.8 Å². The normalized spacial score (nSPS) is 26.7. The lowest BCUT2D eigenvalue weighted by Gasteiger charge is -2.30. The van der Waals surface area contributed by atoms with Crippen molar-refractivity contribution >= 4 is 17.7 Å². The van der Waals surface area contributed by atoms with Crippen LogP contribution in [0.1, 0.15) is 31.4 Å². The number of carboxylic acids is 1. The maximum Gasteiger partial charge on any atom is 0.324 e. The average molecular weight is 283 g/mol. The number of carbonyl (C=O) groups is 1. The molecule has 0 amide bonds. The van der Waals surface area contributed by atoms with Crippen LogP contribution in [-0.2, 0) is 10.5 Å². The highest BCUT2D eigenvalue weighted by molar-refractivity contribution is 7.98. The number of rotatable bonds is 7. The molecule has 1 aliphatic rings. The molecule has 2 N–H and O–H groups in total. The van der Waals surface area contributed by atoms with Crippen LogP contribution in [0.2, 0.25) is 0 Å². The number of carboxylic acid groups (broad SMARTS) is 1. The van der Waals surface area contributed by atoms with Gasteiger partial charge in [0.15, 0.2) is 0 Å². The third-order valence-corrected chi connectivity index (χ3v) is 5.10. The molecule has 5 heteroatoms. The van der Waals surface area contributed by atoms with Crippen molar-refractivity contribution in [1.29, 1.82) is 0 Å². The first-order valence-corrected chi connectivity index (χ1v) is 7.87. The zero-order valence-electron chi connectivity index (χ0n) is 11.2. The predicted octanol–water partition coefficient (Wildman–Crippen LogP) is 2.75. The number of likely N-dealkylation sites (N-methyl/N-ethyl adjacent to an activating group) is 1. The maximum atomic E-state index is 11.5. The number of hydrogen-bond acceptors (Lipinski definition) is 4. The first-order chi connectivity index (χ1) is 9.19. The monoisotopic (exact) mass is 283 g/mol. The van der Waals surface area contributed by atoms with Crippen LogP contribution in [0.4, 0.5) is 0 Å². The van der Waals surface area contributed by atoms with Crippen LogP contribution in [0.15, 0.2) is 22.8 Å². The molecule has 0 saturated heterocycles. The van der Waals surface area contributed by atoms with Crippen molar-refractivity contribution in [3.8, 4) is 0 Å². The Balaban J connectivity index is 1.80. The van der Waals surface area contributed by atoms with Crippen LogP contribution >= 0.6 is 11.8 Å². The summed E-state index contributed by atoms with van der Waals surface area (Å²) in [7, 11) is 1.77. The highest BCUT2D eigenvalue weighted by Crippen LogP contribution is 2.38. The van der Waals surface area contributed by atoms with Crippen molar-refractivity contribution in [1.82, 2.24) is 5.32 Å². The van der Waals surface area contributed by atoms with Gasteiger partial charge in [-0.2, -0.15) is 11.8 Å². The third-order valence-electron chi connectivity index (χ3n) is 4.08. The molecule has 106 valence electrons. The van der Waals surface area contributed by atoms with E-state index in [9.17, 15) is 9.90 Å². The van der Waals surface area contributed by atoms with E-state index in [2.05, 4.69) is 5.32 Å². The van der Waals surface area contributed by atoms with E-state index in [0.29, 0.717) is 0 Å². The van der Waals surface area contributed by atoms with E-state index in [1.165, 1.54) is 0 Å². The molecule has 19 heavy (non-hydrogen) atoms. The summed E-state index contributed by atoms with van der Waals surface area (Å²) >= 11 is 1.81. The van der Waals surface area contributed by atoms with Crippen molar-refractivity contribution < 1.29 is 14.3 Å². The molecule has 0 spiro atoms. The van der Waals surface area contributed by atoms with E-state index < -0.39 is 11.5 Å². The third kappa shape index (κ3) is 3.15. The van der Waals surface area contributed by atoms with Gasteiger partial charge in [0, 0.05) is 0 Å². The minimum Gasteiger partial charge on any atom is -0.480 e. The van der Waals surface area contributed by atoms with Gasteiger partial charge in [-0.15, -0.1) is 0 Å². The molecule has 4 nitrogen and oxygen atoms in total. The van der Waals surface area contributed by atoms with E-state index in [1.54, 1.807) is 25.1 Å². The van der Waals surface area contributed by atoms with Crippen LogP contribution in [0.25, 0.3) is 0 Å². The molecule has 0 radical (unpaired) electrons. The van der Waals surface area contributed by atoms with Gasteiger partial charge in [0.1, 0.15) is 11.3 Å². The van der Waals surface area contributed by atoms with Gasteiger partial charge in [-0.3, -0.25) is 4.79 Å². The van der Waals surface area contributed by atoms with Gasteiger partial charge in [0.2, 0.25) is 0 Å². The van der Waals surface area contributed by atoms with Crippen molar-refractivity contribution in [3.63, 3.8) is 0 Å². The van der Waals surface area contributed by atoms with Gasteiger partial charge in [0.05, 0.1) is 12.0 Å². The van der Waals surface area contributed by atoms with Crippen LogP contribution in [0.3, 0.4) is 0 Å². The van der Waals surface area contributed by atoms with Gasteiger partial charge in [-0.05, 0) is 50.1 Å². The maximum absolute atomic E-state index is 11.5. The molecule has 2 rings (SSSR count). The molecule has 1 aromatic heterocycles. The second kappa shape index (κ2) is 6.48. The summed E-state index contributed by atoms with van der Waals surface area (Å²) in [6.07, 6.45) is 5.38. The fourth-order valence-electron chi connectivity index (χ4n) is 2.98. The highest BCUT2D eigenvalue weighted by atomic mass is 32.2. The van der Waals surface area contributed by atoms with Gasteiger partial charge in [-0.1, -0.05) is 6.42 Å². The summed E-state index contributed by atoms with van der Waals surface area (Å²) in [6.45, 7) is 0. The topological polar surface area (TPSA) is 62.5 Å². The van der Waals surface area contributed by atoms with E-state index >= 15 is 0 Å². The van der Waals surface area contributed by atoms with Gasteiger partial charge in [0.25, 0.3) is 0 Å². The molecule has 1 aliphatic carbocycles. The fourth-order valence-corrected chi connectivity index (χ4v) is 3.94. The Labute approximate surface area is 117 Å². The Bertz CT molecular complexity index is 407. The fraction of sp³-hybridized carbons (Fsp3) is 0.643. The number of hydrogen-bond donors (Lipinski definition) is 2. The summed E-state index contributed by atoms with van der Waals surface area (Å²) in [5.41, 5.74) is -0.703. The molecule has 1 heterocycles. The quantitative estimate of drug-likeness (QED) is 0.753. The SMILES string of the molecule is CNC1(C(=O)O)CCCC1CCSCc1ccco1. The Kier molecular flexibility index (Phi) is 4.93. The first kappa shape index (κ1) is 14.5. The highest BCUT2D eigenvalue weighted by Gasteiger charge is 2.47. The van der Waals surface area contributed by atoms with Gasteiger partial charge < -0.3 is 14.8 Å². The zero-order chi connectivity index (χ0) is 13.7. The standard InChI is InChI=1S/C14H21NO3S/c1-15-14(13(16)17)7-2-4-11(14)6-9-19-10-12-5-3-8-18-12/h3,5,8,11,15H,2,4,6-7,9-10H2,1H3,(H,16,17). The Morgan fingerprint density at radius 2 is 2.53 bits per heavy atom. The minimum absolute atomic E-state index is 0.235. The average Bonchev–Trinajstić information content (AvgIpc) is 3.04. The molecule has 0 aromatic carbocycles. The molecule has 0 bridgehead atoms. The molecular formula is C14H21NO3S. The lowest BCUT2D eigenvalue weighted by Crippen LogP contribution is -2.53. The molecule has 1 saturated carbocycles.